The average Bonchev–Trinajstić information content (AvgIpc) is 3.04. The van der Waals surface area contributed by atoms with Crippen LogP contribution in [0.5, 0.6) is 17.2 Å². The minimum atomic E-state index is -0.652. The van der Waals surface area contributed by atoms with Crippen LogP contribution in [0.15, 0.2) is 54.7 Å². The summed E-state index contributed by atoms with van der Waals surface area (Å²) in [6.07, 6.45) is 1.48. The number of hydrogen-bond donors (Lipinski definition) is 1. The van der Waals surface area contributed by atoms with Gasteiger partial charge in [0.15, 0.2) is 22.9 Å². The van der Waals surface area contributed by atoms with Gasteiger partial charge in [0.05, 0.1) is 31.2 Å². The van der Waals surface area contributed by atoms with E-state index in [1.165, 1.54) is 17.9 Å². The van der Waals surface area contributed by atoms with E-state index in [9.17, 15) is 10.1 Å². The van der Waals surface area contributed by atoms with Gasteiger partial charge in [-0.2, -0.15) is 5.26 Å². The fraction of sp³-hybridized carbons (Fsp3) is 0.100. The predicted molar refractivity (Wildman–Crippen MR) is 99.3 cm³/mol. The third-order valence-corrected chi connectivity index (χ3v) is 3.96. The fourth-order valence-electron chi connectivity index (χ4n) is 2.67. The Labute approximate surface area is 156 Å². The molecule has 0 radical (unpaired) electrons. The van der Waals surface area contributed by atoms with Crippen LogP contribution in [0, 0.1) is 11.3 Å². The summed E-state index contributed by atoms with van der Waals surface area (Å²) in [6, 6.07) is 16.2. The number of anilines is 1. The Kier molecular flexibility index (Phi) is 4.99. The van der Waals surface area contributed by atoms with Gasteiger partial charge in [-0.05, 0) is 24.3 Å². The molecule has 0 unspecified atom stereocenters. The first kappa shape index (κ1) is 17.9. The van der Waals surface area contributed by atoms with Crippen molar-refractivity contribution in [1.29, 1.82) is 5.26 Å². The molecule has 0 spiro atoms. The standard InChI is InChI=1S/C20H17N3O4/c1-25-16-9-5-6-10-17(16)27-15-8-4-3-7-14(15)23-12-13(11-21)18(22)19(23)20(24)26-2/h3-10,12H,22H2,1-2H3. The number of carbonyl (C=O) groups is 1. The van der Waals surface area contributed by atoms with Crippen molar-refractivity contribution in [2.75, 3.05) is 20.0 Å². The zero-order chi connectivity index (χ0) is 19.4. The molecule has 0 aliphatic carbocycles. The maximum Gasteiger partial charge on any atom is 0.357 e. The molecule has 3 rings (SSSR count). The number of carbonyl (C=O) groups excluding carboxylic acids is 1. The first-order valence-electron chi connectivity index (χ1n) is 8.00. The van der Waals surface area contributed by atoms with Gasteiger partial charge in [-0.1, -0.05) is 24.3 Å². The molecule has 0 bridgehead atoms. The minimum Gasteiger partial charge on any atom is -0.493 e. The summed E-state index contributed by atoms with van der Waals surface area (Å²) in [4.78, 5) is 12.2. The first-order valence-corrected chi connectivity index (χ1v) is 8.00. The molecule has 0 amide bonds. The van der Waals surface area contributed by atoms with Crippen LogP contribution < -0.4 is 15.2 Å². The van der Waals surface area contributed by atoms with Crippen LogP contribution in [0.4, 0.5) is 5.69 Å². The quantitative estimate of drug-likeness (QED) is 0.696. The van der Waals surface area contributed by atoms with Crippen LogP contribution >= 0.6 is 0 Å². The number of benzene rings is 2. The summed E-state index contributed by atoms with van der Waals surface area (Å²) in [5.41, 5.74) is 6.78. The topological polar surface area (TPSA) is 99.5 Å². The van der Waals surface area contributed by atoms with Gasteiger partial charge in [0.1, 0.15) is 6.07 Å². The minimum absolute atomic E-state index is 0.0523. The van der Waals surface area contributed by atoms with Crippen LogP contribution in [0.3, 0.4) is 0 Å². The van der Waals surface area contributed by atoms with E-state index in [0.29, 0.717) is 22.9 Å². The van der Waals surface area contributed by atoms with Crippen molar-refractivity contribution in [2.45, 2.75) is 0 Å². The molecule has 3 aromatic rings. The smallest absolute Gasteiger partial charge is 0.357 e. The molecule has 136 valence electrons. The summed E-state index contributed by atoms with van der Waals surface area (Å²) in [6.45, 7) is 0. The van der Waals surface area contributed by atoms with Gasteiger partial charge < -0.3 is 24.5 Å². The zero-order valence-electron chi connectivity index (χ0n) is 14.8. The van der Waals surface area contributed by atoms with Gasteiger partial charge in [-0.15, -0.1) is 0 Å². The first-order chi connectivity index (χ1) is 13.1. The average molecular weight is 363 g/mol. The molecule has 0 saturated heterocycles. The van der Waals surface area contributed by atoms with Gasteiger partial charge in [0, 0.05) is 6.20 Å². The summed E-state index contributed by atoms with van der Waals surface area (Å²) in [5, 5.41) is 9.29. The predicted octanol–water partition coefficient (Wildman–Crippen LogP) is 3.52. The fourth-order valence-corrected chi connectivity index (χ4v) is 2.67. The Morgan fingerprint density at radius 3 is 2.30 bits per heavy atom. The SMILES string of the molecule is COC(=O)c1c(N)c(C#N)cn1-c1ccccc1Oc1ccccc1OC. The second kappa shape index (κ2) is 7.54. The molecule has 0 atom stereocenters. The highest BCUT2D eigenvalue weighted by molar-refractivity contribution is 5.96. The van der Waals surface area contributed by atoms with E-state index < -0.39 is 5.97 Å². The van der Waals surface area contributed by atoms with Crippen molar-refractivity contribution >= 4 is 11.7 Å². The number of para-hydroxylation sites is 4. The number of nitrogen functional groups attached to an aromatic ring is 1. The van der Waals surface area contributed by atoms with Gasteiger partial charge in [-0.25, -0.2) is 4.79 Å². The van der Waals surface area contributed by atoms with Crippen molar-refractivity contribution in [1.82, 2.24) is 4.57 Å². The summed E-state index contributed by atoms with van der Waals surface area (Å²) in [7, 11) is 2.80. The van der Waals surface area contributed by atoms with E-state index in [1.807, 2.05) is 18.2 Å². The van der Waals surface area contributed by atoms with Gasteiger partial charge in [-0.3, -0.25) is 0 Å². The third kappa shape index (κ3) is 3.28. The lowest BCUT2D eigenvalue weighted by molar-refractivity contribution is 0.0593. The molecule has 7 heteroatoms. The molecule has 2 N–H and O–H groups in total. The molecule has 2 aromatic carbocycles. The van der Waals surface area contributed by atoms with E-state index >= 15 is 0 Å². The molecule has 1 heterocycles. The lowest BCUT2D eigenvalue weighted by Crippen LogP contribution is -2.11. The summed E-state index contributed by atoms with van der Waals surface area (Å²) >= 11 is 0. The Bertz CT molecular complexity index is 1030. The number of esters is 1. The molecule has 0 aliphatic rings. The lowest BCUT2D eigenvalue weighted by Gasteiger charge is -2.15. The molecule has 0 fully saturated rings. The third-order valence-electron chi connectivity index (χ3n) is 3.96. The van der Waals surface area contributed by atoms with Gasteiger partial charge >= 0.3 is 5.97 Å². The maximum absolute atomic E-state index is 12.2. The number of aromatic nitrogens is 1. The van der Waals surface area contributed by atoms with E-state index in [-0.39, 0.29) is 16.9 Å². The zero-order valence-corrected chi connectivity index (χ0v) is 14.8. The van der Waals surface area contributed by atoms with E-state index in [4.69, 9.17) is 19.9 Å². The number of hydrogen-bond acceptors (Lipinski definition) is 6. The Balaban J connectivity index is 2.15. The number of rotatable bonds is 5. The highest BCUT2D eigenvalue weighted by Crippen LogP contribution is 2.36. The van der Waals surface area contributed by atoms with Crippen LogP contribution in [0.2, 0.25) is 0 Å². The second-order valence-corrected chi connectivity index (χ2v) is 5.50. The Morgan fingerprint density at radius 1 is 1.04 bits per heavy atom. The highest BCUT2D eigenvalue weighted by atomic mass is 16.5. The highest BCUT2D eigenvalue weighted by Gasteiger charge is 2.23. The van der Waals surface area contributed by atoms with E-state index in [2.05, 4.69) is 0 Å². The lowest BCUT2D eigenvalue weighted by atomic mass is 10.2. The normalized spacial score (nSPS) is 10.1. The molecular formula is C20H17N3O4. The van der Waals surface area contributed by atoms with Crippen LogP contribution in [-0.4, -0.2) is 24.8 Å². The second-order valence-electron chi connectivity index (χ2n) is 5.50. The molecule has 7 nitrogen and oxygen atoms in total. The van der Waals surface area contributed by atoms with Crippen molar-refractivity contribution in [3.63, 3.8) is 0 Å². The number of methoxy groups -OCH3 is 2. The number of nitriles is 1. The summed E-state index contributed by atoms with van der Waals surface area (Å²) in [5.74, 6) is 0.866. The van der Waals surface area contributed by atoms with Crippen LogP contribution in [-0.2, 0) is 4.74 Å². The van der Waals surface area contributed by atoms with Crippen molar-refractivity contribution < 1.29 is 19.0 Å². The number of nitrogens with two attached hydrogens (primary N) is 1. The molecule has 0 saturated carbocycles. The Morgan fingerprint density at radius 2 is 1.67 bits per heavy atom. The largest absolute Gasteiger partial charge is 0.493 e. The van der Waals surface area contributed by atoms with E-state index in [0.717, 1.165) is 0 Å². The van der Waals surface area contributed by atoms with Crippen LogP contribution in [0.25, 0.3) is 5.69 Å². The van der Waals surface area contributed by atoms with Gasteiger partial charge in [0.25, 0.3) is 0 Å². The van der Waals surface area contributed by atoms with Crippen molar-refractivity contribution in [3.8, 4) is 29.0 Å². The monoisotopic (exact) mass is 363 g/mol. The maximum atomic E-state index is 12.2. The van der Waals surface area contributed by atoms with Gasteiger partial charge in [0.2, 0.25) is 0 Å². The number of ether oxygens (including phenoxy) is 3. The van der Waals surface area contributed by atoms with Crippen LogP contribution in [0.1, 0.15) is 16.1 Å². The van der Waals surface area contributed by atoms with Crippen molar-refractivity contribution in [2.24, 2.45) is 0 Å². The molecule has 0 aliphatic heterocycles. The molecule has 1 aromatic heterocycles. The Hall–Kier alpha value is -3.92. The van der Waals surface area contributed by atoms with Crippen molar-refractivity contribution in [3.05, 3.63) is 66.0 Å². The number of nitrogens with zero attached hydrogens (tertiary/aromatic N) is 2. The summed E-state index contributed by atoms with van der Waals surface area (Å²) < 4.78 is 17.6. The molecular weight excluding hydrogens is 346 g/mol. The molecule has 27 heavy (non-hydrogen) atoms. The van der Waals surface area contributed by atoms with E-state index in [1.54, 1.807) is 43.5 Å².